The normalized spacial score (nSPS) is 31.6. The van der Waals surface area contributed by atoms with Crippen LogP contribution in [0.25, 0.3) is 0 Å². The molecule has 1 aliphatic rings. The summed E-state index contributed by atoms with van der Waals surface area (Å²) in [5.41, 5.74) is 0.819. The van der Waals surface area contributed by atoms with Crippen LogP contribution in [0.5, 0.6) is 0 Å². The zero-order valence-electron chi connectivity index (χ0n) is 4.24. The molecule has 1 N–H and O–H groups in total. The molecule has 0 spiro atoms. The van der Waals surface area contributed by atoms with Crippen molar-refractivity contribution >= 4 is 0 Å². The second-order valence-electron chi connectivity index (χ2n) is 1.88. The predicted molar refractivity (Wildman–Crippen MR) is 27.6 cm³/mol. The molecule has 1 fully saturated rings. The number of hydroxylamine groups is 2. The van der Waals surface area contributed by atoms with Gasteiger partial charge < -0.3 is 10.3 Å². The molecule has 0 saturated carbocycles. The van der Waals surface area contributed by atoms with Crippen molar-refractivity contribution in [3.05, 3.63) is 17.5 Å². The van der Waals surface area contributed by atoms with Gasteiger partial charge in [0.2, 0.25) is 0 Å². The van der Waals surface area contributed by atoms with Gasteiger partial charge in [-0.3, -0.25) is 0 Å². The van der Waals surface area contributed by atoms with Gasteiger partial charge in [0.1, 0.15) is 5.70 Å². The molecule has 1 heterocycles. The van der Waals surface area contributed by atoms with Gasteiger partial charge in [-0.2, -0.15) is 0 Å². The SMILES string of the molecule is C=C1CCC[NH+]1[O-]. The summed E-state index contributed by atoms with van der Waals surface area (Å²) in [5, 5.41) is 10.7. The monoisotopic (exact) mass is 99.1 g/mol. The minimum absolute atomic E-state index is 0.264. The highest BCUT2D eigenvalue weighted by Crippen LogP contribution is 1.98. The summed E-state index contributed by atoms with van der Waals surface area (Å²) in [6.45, 7) is 4.32. The number of hydrogen-bond acceptors (Lipinski definition) is 1. The second kappa shape index (κ2) is 1.64. The van der Waals surface area contributed by atoms with E-state index in [9.17, 15) is 5.21 Å². The highest BCUT2D eigenvalue weighted by Gasteiger charge is 2.10. The van der Waals surface area contributed by atoms with E-state index < -0.39 is 0 Å². The molecule has 0 aromatic heterocycles. The summed E-state index contributed by atoms with van der Waals surface area (Å²) in [6, 6.07) is 0. The maximum Gasteiger partial charge on any atom is 0.100 e. The van der Waals surface area contributed by atoms with Gasteiger partial charge in [-0.05, 0) is 6.58 Å². The molecule has 1 aliphatic heterocycles. The van der Waals surface area contributed by atoms with Gasteiger partial charge in [0, 0.05) is 12.8 Å². The van der Waals surface area contributed by atoms with Crippen LogP contribution in [-0.2, 0) is 0 Å². The Morgan fingerprint density at radius 2 is 2.43 bits per heavy atom. The molecule has 0 aromatic carbocycles. The Morgan fingerprint density at radius 3 is 2.57 bits per heavy atom. The predicted octanol–water partition coefficient (Wildman–Crippen LogP) is -0.323. The second-order valence-corrected chi connectivity index (χ2v) is 1.88. The average molecular weight is 99.1 g/mol. The molecule has 0 aromatic rings. The zero-order chi connectivity index (χ0) is 5.28. The molecule has 1 saturated heterocycles. The Labute approximate surface area is 43.0 Å². The fourth-order valence-corrected chi connectivity index (χ4v) is 0.779. The molecule has 2 nitrogen and oxygen atoms in total. The van der Waals surface area contributed by atoms with Crippen molar-refractivity contribution in [1.29, 1.82) is 0 Å². The van der Waals surface area contributed by atoms with Crippen molar-refractivity contribution < 1.29 is 5.06 Å². The van der Waals surface area contributed by atoms with E-state index >= 15 is 0 Å². The highest BCUT2D eigenvalue weighted by atomic mass is 16.5. The van der Waals surface area contributed by atoms with Crippen LogP contribution < -0.4 is 5.06 Å². The molecule has 1 rings (SSSR count). The molecular formula is C5H9NO. The lowest BCUT2D eigenvalue weighted by Crippen LogP contribution is -3.02. The lowest BCUT2D eigenvalue weighted by atomic mass is 10.3. The van der Waals surface area contributed by atoms with E-state index in [1.807, 2.05) is 0 Å². The van der Waals surface area contributed by atoms with E-state index in [4.69, 9.17) is 0 Å². The first-order chi connectivity index (χ1) is 3.30. The van der Waals surface area contributed by atoms with Crippen LogP contribution in [0.15, 0.2) is 12.3 Å². The van der Waals surface area contributed by atoms with Gasteiger partial charge in [0.15, 0.2) is 0 Å². The number of hydrogen-bond donors (Lipinski definition) is 1. The third-order valence-electron chi connectivity index (χ3n) is 1.28. The Hall–Kier alpha value is -0.340. The van der Waals surface area contributed by atoms with Gasteiger partial charge in [0.25, 0.3) is 0 Å². The molecule has 1 atom stereocenters. The van der Waals surface area contributed by atoms with E-state index in [1.165, 1.54) is 0 Å². The minimum Gasteiger partial charge on any atom is -0.629 e. The van der Waals surface area contributed by atoms with Crippen LogP contribution in [0.3, 0.4) is 0 Å². The number of nitrogens with one attached hydrogen (secondary N) is 1. The van der Waals surface area contributed by atoms with Gasteiger partial charge in [-0.25, -0.2) is 0 Å². The van der Waals surface area contributed by atoms with Crippen molar-refractivity contribution in [2.24, 2.45) is 0 Å². The van der Waals surface area contributed by atoms with Gasteiger partial charge in [-0.15, -0.1) is 0 Å². The van der Waals surface area contributed by atoms with Crippen LogP contribution in [-0.4, -0.2) is 6.54 Å². The maximum absolute atomic E-state index is 10.5. The summed E-state index contributed by atoms with van der Waals surface area (Å²) in [6.07, 6.45) is 1.95. The standard InChI is InChI=1S/C5H9NO/c1-5-3-2-4-6(5)7/h6H,1-4H2. The summed E-state index contributed by atoms with van der Waals surface area (Å²) in [7, 11) is 0. The molecule has 2 heteroatoms. The fourth-order valence-electron chi connectivity index (χ4n) is 0.779. The Balaban J connectivity index is 2.48. The Kier molecular flexibility index (Phi) is 1.13. The first-order valence-corrected chi connectivity index (χ1v) is 2.51. The van der Waals surface area contributed by atoms with Crippen LogP contribution in [0, 0.1) is 5.21 Å². The first-order valence-electron chi connectivity index (χ1n) is 2.51. The van der Waals surface area contributed by atoms with Gasteiger partial charge in [-0.1, -0.05) is 0 Å². The summed E-state index contributed by atoms with van der Waals surface area (Å²) in [4.78, 5) is 0. The molecule has 0 amide bonds. The van der Waals surface area contributed by atoms with Gasteiger partial charge in [0.05, 0.1) is 6.54 Å². The summed E-state index contributed by atoms with van der Waals surface area (Å²) < 4.78 is 0. The lowest BCUT2D eigenvalue weighted by Gasteiger charge is -2.13. The van der Waals surface area contributed by atoms with E-state index in [0.717, 1.165) is 25.1 Å². The lowest BCUT2D eigenvalue weighted by molar-refractivity contribution is -0.794. The summed E-state index contributed by atoms with van der Waals surface area (Å²) in [5.74, 6) is 0. The number of allylic oxidation sites excluding steroid dienone is 1. The van der Waals surface area contributed by atoms with E-state index in [-0.39, 0.29) is 5.06 Å². The number of rotatable bonds is 0. The number of quaternary nitrogens is 1. The third-order valence-corrected chi connectivity index (χ3v) is 1.28. The van der Waals surface area contributed by atoms with E-state index in [1.54, 1.807) is 0 Å². The summed E-state index contributed by atoms with van der Waals surface area (Å²) >= 11 is 0. The van der Waals surface area contributed by atoms with Crippen molar-refractivity contribution in [2.75, 3.05) is 6.54 Å². The maximum atomic E-state index is 10.5. The van der Waals surface area contributed by atoms with Crippen molar-refractivity contribution in [3.63, 3.8) is 0 Å². The highest BCUT2D eigenvalue weighted by molar-refractivity contribution is 4.83. The largest absolute Gasteiger partial charge is 0.629 e. The topological polar surface area (TPSA) is 27.5 Å². The fraction of sp³-hybridized carbons (Fsp3) is 0.600. The first kappa shape index (κ1) is 4.81. The molecule has 0 radical (unpaired) electrons. The van der Waals surface area contributed by atoms with Crippen molar-refractivity contribution in [1.82, 2.24) is 0 Å². The molecule has 1 unspecified atom stereocenters. The van der Waals surface area contributed by atoms with Crippen LogP contribution in [0.1, 0.15) is 12.8 Å². The average Bonchev–Trinajstić information content (AvgIpc) is 1.91. The zero-order valence-corrected chi connectivity index (χ0v) is 4.24. The molecule has 0 aliphatic carbocycles. The molecule has 7 heavy (non-hydrogen) atoms. The van der Waals surface area contributed by atoms with E-state index in [2.05, 4.69) is 6.58 Å². The van der Waals surface area contributed by atoms with Gasteiger partial charge >= 0.3 is 0 Å². The van der Waals surface area contributed by atoms with Crippen molar-refractivity contribution in [2.45, 2.75) is 12.8 Å². The molecular weight excluding hydrogens is 90.1 g/mol. The minimum atomic E-state index is 0.264. The van der Waals surface area contributed by atoms with Crippen molar-refractivity contribution in [3.8, 4) is 0 Å². The quantitative estimate of drug-likeness (QED) is 0.414. The Bertz CT molecular complexity index is 90.1. The smallest absolute Gasteiger partial charge is 0.100 e. The van der Waals surface area contributed by atoms with Crippen LogP contribution in [0.2, 0.25) is 0 Å². The van der Waals surface area contributed by atoms with Crippen LogP contribution >= 0.6 is 0 Å². The molecule has 40 valence electrons. The third kappa shape index (κ3) is 0.813. The van der Waals surface area contributed by atoms with E-state index in [0.29, 0.717) is 0 Å². The molecule has 0 bridgehead atoms. The van der Waals surface area contributed by atoms with Crippen LogP contribution in [0.4, 0.5) is 0 Å². The Morgan fingerprint density at radius 1 is 1.71 bits per heavy atom.